The second-order valence-corrected chi connectivity index (χ2v) is 4.68. The number of carbonyl (C=O) groups is 2. The number of hydrogen-bond acceptors (Lipinski definition) is 4. The molecule has 0 aromatic carbocycles. The molecule has 1 heterocycles. The van der Waals surface area contributed by atoms with Gasteiger partial charge in [-0.15, -0.1) is 0 Å². The molecule has 1 aliphatic rings. The van der Waals surface area contributed by atoms with Gasteiger partial charge in [0.15, 0.2) is 6.10 Å². The maximum absolute atomic E-state index is 11.5. The molecular weight excluding hydrogens is 224 g/mol. The highest BCUT2D eigenvalue weighted by molar-refractivity contribution is 5.81. The van der Waals surface area contributed by atoms with Gasteiger partial charge in [0, 0.05) is 6.54 Å². The first kappa shape index (κ1) is 13.9. The van der Waals surface area contributed by atoms with E-state index >= 15 is 0 Å². The average Bonchev–Trinajstić information content (AvgIpc) is 2.73. The van der Waals surface area contributed by atoms with Gasteiger partial charge in [-0.05, 0) is 18.8 Å². The SMILES string of the molecule is CC(C)[C@@H](N)C(=O)NCC1CCC(C(=O)O)O1. The van der Waals surface area contributed by atoms with E-state index in [1.807, 2.05) is 13.8 Å². The van der Waals surface area contributed by atoms with Crippen LogP contribution in [0.4, 0.5) is 0 Å². The van der Waals surface area contributed by atoms with Crippen molar-refractivity contribution in [3.8, 4) is 0 Å². The van der Waals surface area contributed by atoms with E-state index in [9.17, 15) is 9.59 Å². The number of nitrogens with one attached hydrogen (secondary N) is 1. The standard InChI is InChI=1S/C11H20N2O4/c1-6(2)9(12)10(14)13-5-7-3-4-8(17-7)11(15)16/h6-9H,3-5,12H2,1-2H3,(H,13,14)(H,15,16)/t7?,8?,9-/m1/s1. The van der Waals surface area contributed by atoms with Crippen molar-refractivity contribution in [3.63, 3.8) is 0 Å². The Kier molecular flexibility index (Phi) is 4.89. The molecule has 1 rings (SSSR count). The quantitative estimate of drug-likeness (QED) is 0.617. The van der Waals surface area contributed by atoms with Crippen LogP contribution in [0.25, 0.3) is 0 Å². The predicted molar refractivity (Wildman–Crippen MR) is 61.4 cm³/mol. The van der Waals surface area contributed by atoms with Gasteiger partial charge in [-0.3, -0.25) is 4.79 Å². The van der Waals surface area contributed by atoms with Gasteiger partial charge in [0.25, 0.3) is 0 Å². The minimum Gasteiger partial charge on any atom is -0.479 e. The number of carboxylic acids is 1. The topological polar surface area (TPSA) is 102 Å². The lowest BCUT2D eigenvalue weighted by molar-refractivity contribution is -0.149. The lowest BCUT2D eigenvalue weighted by Crippen LogP contribution is -2.46. The van der Waals surface area contributed by atoms with Crippen molar-refractivity contribution < 1.29 is 19.4 Å². The van der Waals surface area contributed by atoms with Crippen LogP contribution in [0.15, 0.2) is 0 Å². The van der Waals surface area contributed by atoms with Crippen LogP contribution in [0.1, 0.15) is 26.7 Å². The van der Waals surface area contributed by atoms with Gasteiger partial charge in [0.1, 0.15) is 0 Å². The fourth-order valence-corrected chi connectivity index (χ4v) is 1.67. The summed E-state index contributed by atoms with van der Waals surface area (Å²) in [6, 6.07) is -0.535. The fourth-order valence-electron chi connectivity index (χ4n) is 1.67. The Labute approximate surface area is 101 Å². The first-order valence-electron chi connectivity index (χ1n) is 5.83. The van der Waals surface area contributed by atoms with Gasteiger partial charge in [0.2, 0.25) is 5.91 Å². The average molecular weight is 244 g/mol. The van der Waals surface area contributed by atoms with Crippen LogP contribution < -0.4 is 11.1 Å². The molecule has 0 saturated carbocycles. The highest BCUT2D eigenvalue weighted by Gasteiger charge is 2.30. The largest absolute Gasteiger partial charge is 0.479 e. The summed E-state index contributed by atoms with van der Waals surface area (Å²) in [5.74, 6) is -1.09. The van der Waals surface area contributed by atoms with E-state index in [1.54, 1.807) is 0 Å². The zero-order valence-corrected chi connectivity index (χ0v) is 10.2. The van der Waals surface area contributed by atoms with Crippen LogP contribution >= 0.6 is 0 Å². The fraction of sp³-hybridized carbons (Fsp3) is 0.818. The van der Waals surface area contributed by atoms with Crippen LogP contribution in [-0.2, 0) is 14.3 Å². The van der Waals surface area contributed by atoms with E-state index < -0.39 is 18.1 Å². The summed E-state index contributed by atoms with van der Waals surface area (Å²) in [5, 5.41) is 11.4. The van der Waals surface area contributed by atoms with E-state index in [0.29, 0.717) is 19.4 Å². The number of hydrogen-bond donors (Lipinski definition) is 3. The van der Waals surface area contributed by atoms with Crippen LogP contribution in [0.5, 0.6) is 0 Å². The van der Waals surface area contributed by atoms with Crippen molar-refractivity contribution >= 4 is 11.9 Å². The highest BCUT2D eigenvalue weighted by atomic mass is 16.5. The number of carboxylic acid groups (broad SMARTS) is 1. The highest BCUT2D eigenvalue weighted by Crippen LogP contribution is 2.19. The van der Waals surface area contributed by atoms with Crippen LogP contribution in [-0.4, -0.2) is 41.8 Å². The third kappa shape index (κ3) is 3.98. The lowest BCUT2D eigenvalue weighted by atomic mass is 10.0. The molecular formula is C11H20N2O4. The number of rotatable bonds is 5. The first-order valence-corrected chi connectivity index (χ1v) is 5.83. The van der Waals surface area contributed by atoms with E-state index in [4.69, 9.17) is 15.6 Å². The Morgan fingerprint density at radius 1 is 1.47 bits per heavy atom. The molecule has 17 heavy (non-hydrogen) atoms. The van der Waals surface area contributed by atoms with E-state index in [1.165, 1.54) is 0 Å². The van der Waals surface area contributed by atoms with Gasteiger partial charge in [-0.1, -0.05) is 13.8 Å². The molecule has 6 heteroatoms. The Morgan fingerprint density at radius 2 is 2.12 bits per heavy atom. The summed E-state index contributed by atoms with van der Waals surface area (Å²) >= 11 is 0. The first-order chi connectivity index (χ1) is 7.91. The molecule has 0 radical (unpaired) electrons. The smallest absolute Gasteiger partial charge is 0.332 e. The normalized spacial score (nSPS) is 25.9. The van der Waals surface area contributed by atoms with E-state index in [2.05, 4.69) is 5.32 Å². The molecule has 0 aliphatic carbocycles. The monoisotopic (exact) mass is 244 g/mol. The van der Waals surface area contributed by atoms with Gasteiger partial charge in [0.05, 0.1) is 12.1 Å². The summed E-state index contributed by atoms with van der Waals surface area (Å²) in [7, 11) is 0. The minimum absolute atomic E-state index is 0.0752. The van der Waals surface area contributed by atoms with Crippen molar-refractivity contribution in [1.29, 1.82) is 0 Å². The third-order valence-corrected chi connectivity index (χ3v) is 2.91. The molecule has 3 atom stereocenters. The molecule has 2 unspecified atom stereocenters. The molecule has 1 aliphatic heterocycles. The number of carbonyl (C=O) groups excluding carboxylic acids is 1. The Hall–Kier alpha value is -1.14. The zero-order valence-electron chi connectivity index (χ0n) is 10.2. The van der Waals surface area contributed by atoms with E-state index in [-0.39, 0.29) is 17.9 Å². The molecule has 0 aromatic rings. The molecule has 0 aromatic heterocycles. The molecule has 4 N–H and O–H groups in total. The van der Waals surface area contributed by atoms with Crippen molar-refractivity contribution in [1.82, 2.24) is 5.32 Å². The predicted octanol–water partition coefficient (Wildman–Crippen LogP) is -0.282. The van der Waals surface area contributed by atoms with Crippen LogP contribution in [0, 0.1) is 5.92 Å². The van der Waals surface area contributed by atoms with Crippen molar-refractivity contribution in [3.05, 3.63) is 0 Å². The number of ether oxygens (including phenoxy) is 1. The summed E-state index contributed by atoms with van der Waals surface area (Å²) in [4.78, 5) is 22.2. The molecule has 98 valence electrons. The molecule has 1 amide bonds. The summed E-state index contributed by atoms with van der Waals surface area (Å²) < 4.78 is 5.26. The Morgan fingerprint density at radius 3 is 2.59 bits per heavy atom. The molecule has 6 nitrogen and oxygen atoms in total. The number of amides is 1. The number of aliphatic carboxylic acids is 1. The second-order valence-electron chi connectivity index (χ2n) is 4.68. The van der Waals surface area contributed by atoms with Gasteiger partial charge in [-0.25, -0.2) is 4.79 Å². The number of nitrogens with two attached hydrogens (primary N) is 1. The van der Waals surface area contributed by atoms with Gasteiger partial charge < -0.3 is 20.9 Å². The Bertz CT molecular complexity index is 293. The third-order valence-electron chi connectivity index (χ3n) is 2.91. The molecule has 0 bridgehead atoms. The van der Waals surface area contributed by atoms with E-state index in [0.717, 1.165) is 0 Å². The van der Waals surface area contributed by atoms with Crippen LogP contribution in [0.2, 0.25) is 0 Å². The minimum atomic E-state index is -0.947. The summed E-state index contributed by atoms with van der Waals surface area (Å²) in [6.07, 6.45) is 0.176. The molecule has 1 fully saturated rings. The maximum Gasteiger partial charge on any atom is 0.332 e. The summed E-state index contributed by atoms with van der Waals surface area (Å²) in [5.41, 5.74) is 5.67. The van der Waals surface area contributed by atoms with Gasteiger partial charge in [-0.2, -0.15) is 0 Å². The second kappa shape index (κ2) is 5.97. The van der Waals surface area contributed by atoms with Crippen molar-refractivity contribution in [2.45, 2.75) is 44.9 Å². The lowest BCUT2D eigenvalue weighted by Gasteiger charge is -2.17. The van der Waals surface area contributed by atoms with Crippen molar-refractivity contribution in [2.75, 3.05) is 6.54 Å². The van der Waals surface area contributed by atoms with Crippen molar-refractivity contribution in [2.24, 2.45) is 11.7 Å². The molecule has 0 spiro atoms. The maximum atomic E-state index is 11.5. The summed E-state index contributed by atoms with van der Waals surface area (Å²) in [6.45, 7) is 4.07. The van der Waals surface area contributed by atoms with Crippen LogP contribution in [0.3, 0.4) is 0 Å². The zero-order chi connectivity index (χ0) is 13.0. The Balaban J connectivity index is 2.28. The molecule has 1 saturated heterocycles. The van der Waals surface area contributed by atoms with Gasteiger partial charge >= 0.3 is 5.97 Å².